The SMILES string of the molecule is Cc1ccc(NC(=O)CCCC(C)N)cc1F. The first-order chi connectivity index (χ1) is 7.99. The van der Waals surface area contributed by atoms with E-state index in [1.54, 1.807) is 19.1 Å². The van der Waals surface area contributed by atoms with E-state index in [1.807, 2.05) is 6.92 Å². The second-order valence-electron chi connectivity index (χ2n) is 4.38. The molecule has 0 saturated heterocycles. The summed E-state index contributed by atoms with van der Waals surface area (Å²) >= 11 is 0. The number of benzene rings is 1. The van der Waals surface area contributed by atoms with Gasteiger partial charge in [-0.05, 0) is 44.4 Å². The molecular weight excluding hydrogens is 219 g/mol. The third kappa shape index (κ3) is 4.95. The number of nitrogens with two attached hydrogens (primary N) is 1. The molecule has 0 radical (unpaired) electrons. The molecule has 17 heavy (non-hydrogen) atoms. The number of halogens is 1. The molecule has 3 nitrogen and oxygen atoms in total. The molecule has 1 atom stereocenters. The molecule has 0 fully saturated rings. The predicted molar refractivity (Wildman–Crippen MR) is 67.3 cm³/mol. The van der Waals surface area contributed by atoms with Crippen molar-refractivity contribution in [2.75, 3.05) is 5.32 Å². The zero-order valence-corrected chi connectivity index (χ0v) is 10.3. The first-order valence-electron chi connectivity index (χ1n) is 5.80. The summed E-state index contributed by atoms with van der Waals surface area (Å²) in [7, 11) is 0. The first kappa shape index (κ1) is 13.6. The van der Waals surface area contributed by atoms with Crippen LogP contribution in [0.2, 0.25) is 0 Å². The van der Waals surface area contributed by atoms with Crippen molar-refractivity contribution in [3.8, 4) is 0 Å². The highest BCUT2D eigenvalue weighted by Gasteiger charge is 2.05. The Balaban J connectivity index is 2.42. The van der Waals surface area contributed by atoms with Gasteiger partial charge in [-0.3, -0.25) is 4.79 Å². The molecule has 1 rings (SSSR count). The fraction of sp³-hybridized carbons (Fsp3) is 0.462. The van der Waals surface area contributed by atoms with Crippen molar-refractivity contribution in [2.24, 2.45) is 5.73 Å². The van der Waals surface area contributed by atoms with Crippen molar-refractivity contribution in [2.45, 2.75) is 39.2 Å². The number of carbonyl (C=O) groups excluding carboxylic acids is 1. The van der Waals surface area contributed by atoms with Crippen LogP contribution >= 0.6 is 0 Å². The predicted octanol–water partition coefficient (Wildman–Crippen LogP) is 2.59. The van der Waals surface area contributed by atoms with E-state index in [-0.39, 0.29) is 17.8 Å². The standard InChI is InChI=1S/C13H19FN2O/c1-9-6-7-11(8-12(9)14)16-13(17)5-3-4-10(2)15/h6-8,10H,3-5,15H2,1-2H3,(H,16,17). The summed E-state index contributed by atoms with van der Waals surface area (Å²) in [6.45, 7) is 3.59. The van der Waals surface area contributed by atoms with Crippen LogP contribution < -0.4 is 11.1 Å². The van der Waals surface area contributed by atoms with Crippen LogP contribution in [-0.2, 0) is 4.79 Å². The van der Waals surface area contributed by atoms with Crippen LogP contribution in [0.15, 0.2) is 18.2 Å². The Kier molecular flexibility index (Phi) is 5.10. The third-order valence-corrected chi connectivity index (χ3v) is 2.52. The molecule has 0 bridgehead atoms. The molecule has 1 aromatic rings. The van der Waals surface area contributed by atoms with Gasteiger partial charge in [0.05, 0.1) is 0 Å². The zero-order valence-electron chi connectivity index (χ0n) is 10.3. The van der Waals surface area contributed by atoms with Gasteiger partial charge in [0.15, 0.2) is 0 Å². The Labute approximate surface area is 101 Å². The minimum absolute atomic E-state index is 0.103. The maximum atomic E-state index is 13.2. The Bertz CT molecular complexity index is 391. The molecule has 0 aliphatic heterocycles. The number of rotatable bonds is 5. The molecule has 0 spiro atoms. The first-order valence-corrected chi connectivity index (χ1v) is 5.80. The van der Waals surface area contributed by atoms with Gasteiger partial charge in [-0.1, -0.05) is 6.07 Å². The lowest BCUT2D eigenvalue weighted by Gasteiger charge is -2.07. The van der Waals surface area contributed by atoms with Crippen molar-refractivity contribution < 1.29 is 9.18 Å². The zero-order chi connectivity index (χ0) is 12.8. The van der Waals surface area contributed by atoms with Crippen molar-refractivity contribution in [1.82, 2.24) is 0 Å². The van der Waals surface area contributed by atoms with Crippen LogP contribution in [0.1, 0.15) is 31.7 Å². The highest BCUT2D eigenvalue weighted by atomic mass is 19.1. The molecule has 94 valence electrons. The van der Waals surface area contributed by atoms with Crippen molar-refractivity contribution in [3.63, 3.8) is 0 Å². The molecule has 4 heteroatoms. The van der Waals surface area contributed by atoms with Crippen molar-refractivity contribution in [3.05, 3.63) is 29.6 Å². The summed E-state index contributed by atoms with van der Waals surface area (Å²) < 4.78 is 13.2. The van der Waals surface area contributed by atoms with Crippen LogP contribution in [0.25, 0.3) is 0 Å². The van der Waals surface area contributed by atoms with E-state index in [9.17, 15) is 9.18 Å². The summed E-state index contributed by atoms with van der Waals surface area (Å²) in [6.07, 6.45) is 1.98. The topological polar surface area (TPSA) is 55.1 Å². The molecule has 0 heterocycles. The maximum absolute atomic E-state index is 13.2. The number of hydrogen-bond donors (Lipinski definition) is 2. The van der Waals surface area contributed by atoms with Gasteiger partial charge in [-0.25, -0.2) is 4.39 Å². The van der Waals surface area contributed by atoms with E-state index >= 15 is 0 Å². The molecule has 1 aromatic carbocycles. The fourth-order valence-corrected chi connectivity index (χ4v) is 1.48. The number of anilines is 1. The largest absolute Gasteiger partial charge is 0.328 e. The van der Waals surface area contributed by atoms with Gasteiger partial charge in [0.1, 0.15) is 5.82 Å². The second-order valence-corrected chi connectivity index (χ2v) is 4.38. The molecule has 0 saturated carbocycles. The van der Waals surface area contributed by atoms with Gasteiger partial charge in [-0.15, -0.1) is 0 Å². The fourth-order valence-electron chi connectivity index (χ4n) is 1.48. The summed E-state index contributed by atoms with van der Waals surface area (Å²) in [4.78, 5) is 11.5. The average molecular weight is 238 g/mol. The quantitative estimate of drug-likeness (QED) is 0.828. The number of nitrogens with one attached hydrogen (secondary N) is 1. The second kappa shape index (κ2) is 6.35. The normalized spacial score (nSPS) is 12.2. The smallest absolute Gasteiger partial charge is 0.224 e. The van der Waals surface area contributed by atoms with E-state index in [4.69, 9.17) is 5.73 Å². The van der Waals surface area contributed by atoms with E-state index in [0.29, 0.717) is 17.7 Å². The van der Waals surface area contributed by atoms with Gasteiger partial charge >= 0.3 is 0 Å². The molecule has 0 aromatic heterocycles. The van der Waals surface area contributed by atoms with Crippen LogP contribution in [-0.4, -0.2) is 11.9 Å². The highest BCUT2D eigenvalue weighted by Crippen LogP contribution is 2.14. The number of hydrogen-bond acceptors (Lipinski definition) is 2. The Morgan fingerprint density at radius 2 is 2.24 bits per heavy atom. The third-order valence-electron chi connectivity index (χ3n) is 2.52. The number of aryl methyl sites for hydroxylation is 1. The molecule has 1 unspecified atom stereocenters. The Morgan fingerprint density at radius 3 is 2.82 bits per heavy atom. The summed E-state index contributed by atoms with van der Waals surface area (Å²) in [5.41, 5.74) is 6.65. The van der Waals surface area contributed by atoms with Crippen LogP contribution in [0, 0.1) is 12.7 Å². The van der Waals surface area contributed by atoms with Gasteiger partial charge in [0, 0.05) is 18.2 Å². The van der Waals surface area contributed by atoms with Gasteiger partial charge in [0.25, 0.3) is 0 Å². The number of amides is 1. The van der Waals surface area contributed by atoms with E-state index in [1.165, 1.54) is 6.07 Å². The van der Waals surface area contributed by atoms with Crippen molar-refractivity contribution in [1.29, 1.82) is 0 Å². The lowest BCUT2D eigenvalue weighted by atomic mass is 10.1. The van der Waals surface area contributed by atoms with E-state index < -0.39 is 0 Å². The maximum Gasteiger partial charge on any atom is 0.224 e. The van der Waals surface area contributed by atoms with Crippen LogP contribution in [0.3, 0.4) is 0 Å². The molecule has 3 N–H and O–H groups in total. The number of carbonyl (C=O) groups is 1. The van der Waals surface area contributed by atoms with E-state index in [0.717, 1.165) is 12.8 Å². The van der Waals surface area contributed by atoms with Gasteiger partial charge in [-0.2, -0.15) is 0 Å². The minimum Gasteiger partial charge on any atom is -0.328 e. The lowest BCUT2D eigenvalue weighted by Crippen LogP contribution is -2.16. The highest BCUT2D eigenvalue weighted by molar-refractivity contribution is 5.90. The van der Waals surface area contributed by atoms with Gasteiger partial charge < -0.3 is 11.1 Å². The molecule has 1 amide bonds. The Morgan fingerprint density at radius 1 is 1.53 bits per heavy atom. The summed E-state index contributed by atoms with van der Waals surface area (Å²) in [5.74, 6) is -0.410. The lowest BCUT2D eigenvalue weighted by molar-refractivity contribution is -0.116. The molecule has 0 aliphatic carbocycles. The molecule has 0 aliphatic rings. The summed E-state index contributed by atoms with van der Waals surface area (Å²) in [6, 6.07) is 4.78. The summed E-state index contributed by atoms with van der Waals surface area (Å²) in [5, 5.41) is 2.66. The Hall–Kier alpha value is -1.42. The van der Waals surface area contributed by atoms with Gasteiger partial charge in [0.2, 0.25) is 5.91 Å². The van der Waals surface area contributed by atoms with E-state index in [2.05, 4.69) is 5.32 Å². The van der Waals surface area contributed by atoms with Crippen LogP contribution in [0.5, 0.6) is 0 Å². The van der Waals surface area contributed by atoms with Crippen molar-refractivity contribution >= 4 is 11.6 Å². The minimum atomic E-state index is -0.307. The monoisotopic (exact) mass is 238 g/mol. The van der Waals surface area contributed by atoms with Crippen LogP contribution in [0.4, 0.5) is 10.1 Å². The average Bonchev–Trinajstić information content (AvgIpc) is 2.23. The molecular formula is C13H19FN2O.